The van der Waals surface area contributed by atoms with E-state index in [1.807, 2.05) is 37.3 Å². The Morgan fingerprint density at radius 1 is 1.00 bits per heavy atom. The second-order valence-corrected chi connectivity index (χ2v) is 5.40. The molecule has 3 aromatic rings. The molecule has 0 spiro atoms. The van der Waals surface area contributed by atoms with E-state index in [0.717, 1.165) is 16.6 Å². The molecular formula is C17H16ClN3O2. The fourth-order valence-corrected chi connectivity index (χ4v) is 2.56. The second kappa shape index (κ2) is 6.30. The van der Waals surface area contributed by atoms with Crippen LogP contribution >= 0.6 is 11.6 Å². The molecule has 3 rings (SSSR count). The zero-order chi connectivity index (χ0) is 16.4. The number of hydrogen-bond acceptors (Lipinski definition) is 5. The lowest BCUT2D eigenvalue weighted by Crippen LogP contribution is -1.99. The molecule has 118 valence electrons. The Balaban J connectivity index is 2.15. The van der Waals surface area contributed by atoms with E-state index in [1.54, 1.807) is 20.3 Å². The molecular weight excluding hydrogens is 314 g/mol. The highest BCUT2D eigenvalue weighted by Crippen LogP contribution is 2.35. The van der Waals surface area contributed by atoms with Crippen LogP contribution in [-0.4, -0.2) is 24.2 Å². The van der Waals surface area contributed by atoms with Gasteiger partial charge in [-0.15, -0.1) is 0 Å². The number of benzene rings is 2. The van der Waals surface area contributed by atoms with Crippen molar-refractivity contribution in [3.05, 3.63) is 47.2 Å². The third-order valence-electron chi connectivity index (χ3n) is 3.45. The molecule has 2 aromatic carbocycles. The molecule has 0 saturated carbocycles. The Morgan fingerprint density at radius 2 is 1.74 bits per heavy atom. The fraction of sp³-hybridized carbons (Fsp3) is 0.176. The summed E-state index contributed by atoms with van der Waals surface area (Å²) < 4.78 is 10.7. The minimum Gasteiger partial charge on any atom is -0.493 e. The number of fused-ring (bicyclic) bond motifs is 1. The summed E-state index contributed by atoms with van der Waals surface area (Å²) >= 11 is 6.06. The molecule has 0 aliphatic heterocycles. The largest absolute Gasteiger partial charge is 0.493 e. The van der Waals surface area contributed by atoms with Crippen molar-refractivity contribution in [2.24, 2.45) is 0 Å². The number of halogens is 1. The standard InChI is InChI=1S/C17H16ClN3O2/c1-10-5-4-6-11(7-10)19-16-12-8-14(22-2)15(23-3)9-13(12)20-17(18)21-16/h4-9H,1-3H3,(H,19,20,21). The van der Waals surface area contributed by atoms with Gasteiger partial charge in [-0.2, -0.15) is 4.98 Å². The molecule has 0 bridgehead atoms. The van der Waals surface area contributed by atoms with E-state index in [0.29, 0.717) is 22.8 Å². The number of nitrogens with zero attached hydrogens (tertiary/aromatic N) is 2. The van der Waals surface area contributed by atoms with Gasteiger partial charge in [-0.1, -0.05) is 12.1 Å². The Labute approximate surface area is 139 Å². The molecule has 1 heterocycles. The maximum Gasteiger partial charge on any atom is 0.224 e. The lowest BCUT2D eigenvalue weighted by molar-refractivity contribution is 0.356. The fourth-order valence-electron chi connectivity index (χ4n) is 2.38. The van der Waals surface area contributed by atoms with Crippen molar-refractivity contribution in [1.82, 2.24) is 9.97 Å². The summed E-state index contributed by atoms with van der Waals surface area (Å²) in [6.45, 7) is 2.03. The summed E-state index contributed by atoms with van der Waals surface area (Å²) in [5, 5.41) is 4.25. The third-order valence-corrected chi connectivity index (χ3v) is 3.62. The summed E-state index contributed by atoms with van der Waals surface area (Å²) in [4.78, 5) is 8.56. The van der Waals surface area contributed by atoms with Gasteiger partial charge in [0.1, 0.15) is 5.82 Å². The molecule has 0 unspecified atom stereocenters. The zero-order valence-corrected chi connectivity index (χ0v) is 13.8. The molecule has 0 aliphatic rings. The quantitative estimate of drug-likeness (QED) is 0.721. The highest BCUT2D eigenvalue weighted by molar-refractivity contribution is 6.28. The van der Waals surface area contributed by atoms with Crippen molar-refractivity contribution in [2.75, 3.05) is 19.5 Å². The molecule has 23 heavy (non-hydrogen) atoms. The average Bonchev–Trinajstić information content (AvgIpc) is 2.53. The van der Waals surface area contributed by atoms with Gasteiger partial charge < -0.3 is 14.8 Å². The smallest absolute Gasteiger partial charge is 0.224 e. The van der Waals surface area contributed by atoms with Crippen molar-refractivity contribution < 1.29 is 9.47 Å². The Hall–Kier alpha value is -2.53. The lowest BCUT2D eigenvalue weighted by Gasteiger charge is -2.13. The second-order valence-electron chi connectivity index (χ2n) is 5.06. The molecule has 0 amide bonds. The van der Waals surface area contributed by atoms with Gasteiger partial charge in [0.25, 0.3) is 0 Å². The molecule has 6 heteroatoms. The number of rotatable bonds is 4. The summed E-state index contributed by atoms with van der Waals surface area (Å²) in [6, 6.07) is 11.6. The lowest BCUT2D eigenvalue weighted by atomic mass is 10.2. The highest BCUT2D eigenvalue weighted by Gasteiger charge is 2.13. The van der Waals surface area contributed by atoms with Gasteiger partial charge in [-0.05, 0) is 42.3 Å². The van der Waals surface area contributed by atoms with Gasteiger partial charge in [-0.3, -0.25) is 0 Å². The van der Waals surface area contributed by atoms with Crippen LogP contribution in [0.5, 0.6) is 11.5 Å². The first kappa shape index (κ1) is 15.4. The minimum absolute atomic E-state index is 0.167. The van der Waals surface area contributed by atoms with E-state index < -0.39 is 0 Å². The van der Waals surface area contributed by atoms with Crippen LogP contribution in [-0.2, 0) is 0 Å². The molecule has 1 N–H and O–H groups in total. The van der Waals surface area contributed by atoms with E-state index in [9.17, 15) is 0 Å². The first-order valence-electron chi connectivity index (χ1n) is 7.03. The molecule has 0 saturated heterocycles. The van der Waals surface area contributed by atoms with Crippen LogP contribution in [0, 0.1) is 6.92 Å². The summed E-state index contributed by atoms with van der Waals surface area (Å²) in [5.41, 5.74) is 2.76. The highest BCUT2D eigenvalue weighted by atomic mass is 35.5. The molecule has 5 nitrogen and oxygen atoms in total. The monoisotopic (exact) mass is 329 g/mol. The minimum atomic E-state index is 0.167. The van der Waals surface area contributed by atoms with Crippen LogP contribution in [0.15, 0.2) is 36.4 Å². The van der Waals surface area contributed by atoms with Gasteiger partial charge >= 0.3 is 0 Å². The van der Waals surface area contributed by atoms with Gasteiger partial charge in [0.2, 0.25) is 5.28 Å². The number of anilines is 2. The Kier molecular flexibility index (Phi) is 4.21. The van der Waals surface area contributed by atoms with Crippen molar-refractivity contribution in [3.63, 3.8) is 0 Å². The van der Waals surface area contributed by atoms with Crippen molar-refractivity contribution in [3.8, 4) is 11.5 Å². The van der Waals surface area contributed by atoms with Gasteiger partial charge in [-0.25, -0.2) is 4.98 Å². The SMILES string of the molecule is COc1cc2nc(Cl)nc(Nc3cccc(C)c3)c2cc1OC. The van der Waals surface area contributed by atoms with Crippen molar-refractivity contribution in [2.45, 2.75) is 6.92 Å². The zero-order valence-electron chi connectivity index (χ0n) is 13.1. The number of nitrogens with one attached hydrogen (secondary N) is 1. The number of ether oxygens (including phenoxy) is 2. The Bertz CT molecular complexity index is 868. The predicted molar refractivity (Wildman–Crippen MR) is 92.1 cm³/mol. The number of methoxy groups -OCH3 is 2. The number of hydrogen-bond donors (Lipinski definition) is 1. The van der Waals surface area contributed by atoms with Crippen molar-refractivity contribution >= 4 is 34.0 Å². The summed E-state index contributed by atoms with van der Waals surface area (Å²) in [7, 11) is 3.17. The van der Waals surface area contributed by atoms with E-state index in [2.05, 4.69) is 15.3 Å². The number of aromatic nitrogens is 2. The molecule has 0 atom stereocenters. The molecule has 0 radical (unpaired) electrons. The summed E-state index contributed by atoms with van der Waals surface area (Å²) in [5.74, 6) is 1.82. The Morgan fingerprint density at radius 3 is 2.43 bits per heavy atom. The maximum absolute atomic E-state index is 6.06. The molecule has 0 aliphatic carbocycles. The number of aryl methyl sites for hydroxylation is 1. The van der Waals surface area contributed by atoms with E-state index in [-0.39, 0.29) is 5.28 Å². The normalized spacial score (nSPS) is 10.6. The van der Waals surface area contributed by atoms with Crippen LogP contribution in [0.2, 0.25) is 5.28 Å². The molecule has 1 aromatic heterocycles. The summed E-state index contributed by atoms with van der Waals surface area (Å²) in [6.07, 6.45) is 0. The van der Waals surface area contributed by atoms with Crippen molar-refractivity contribution in [1.29, 1.82) is 0 Å². The maximum atomic E-state index is 6.06. The van der Waals surface area contributed by atoms with E-state index in [1.165, 1.54) is 0 Å². The topological polar surface area (TPSA) is 56.3 Å². The van der Waals surface area contributed by atoms with Crippen LogP contribution < -0.4 is 14.8 Å². The first-order valence-corrected chi connectivity index (χ1v) is 7.41. The van der Waals surface area contributed by atoms with E-state index in [4.69, 9.17) is 21.1 Å². The molecule has 0 fully saturated rings. The van der Waals surface area contributed by atoms with Crippen LogP contribution in [0.1, 0.15) is 5.56 Å². The predicted octanol–water partition coefficient (Wildman–Crippen LogP) is 4.35. The van der Waals surface area contributed by atoms with Crippen LogP contribution in [0.25, 0.3) is 10.9 Å². The van der Waals surface area contributed by atoms with Gasteiger partial charge in [0.15, 0.2) is 11.5 Å². The third kappa shape index (κ3) is 3.14. The average molecular weight is 330 g/mol. The van der Waals surface area contributed by atoms with Crippen LogP contribution in [0.4, 0.5) is 11.5 Å². The van der Waals surface area contributed by atoms with Crippen LogP contribution in [0.3, 0.4) is 0 Å². The first-order chi connectivity index (χ1) is 11.1. The van der Waals surface area contributed by atoms with Gasteiger partial charge in [0, 0.05) is 17.1 Å². The van der Waals surface area contributed by atoms with Gasteiger partial charge in [0.05, 0.1) is 19.7 Å². The van der Waals surface area contributed by atoms with E-state index >= 15 is 0 Å².